The molecule has 0 bridgehead atoms. The molecule has 0 saturated carbocycles. The highest BCUT2D eigenvalue weighted by Gasteiger charge is 2.11. The van der Waals surface area contributed by atoms with E-state index in [1.165, 1.54) is 0 Å². The number of amides is 1. The number of aromatic nitrogens is 1. The second-order valence-electron chi connectivity index (χ2n) is 4.98. The summed E-state index contributed by atoms with van der Waals surface area (Å²) in [5, 5.41) is 13.6. The topological polar surface area (TPSA) is 57.8 Å². The van der Waals surface area contributed by atoms with Crippen LogP contribution in [0, 0.1) is 11.3 Å². The molecule has 0 aliphatic rings. The zero-order valence-electron chi connectivity index (χ0n) is 11.9. The van der Waals surface area contributed by atoms with Gasteiger partial charge in [-0.25, -0.2) is 0 Å². The van der Waals surface area contributed by atoms with Gasteiger partial charge in [0.15, 0.2) is 0 Å². The van der Waals surface area contributed by atoms with Crippen molar-refractivity contribution in [2.45, 2.75) is 6.54 Å². The number of nitrogens with one attached hydrogen (secondary N) is 1. The van der Waals surface area contributed by atoms with Gasteiger partial charge in [0.25, 0.3) is 0 Å². The number of benzene rings is 2. The Morgan fingerprint density at radius 1 is 1.17 bits per heavy atom. The van der Waals surface area contributed by atoms with E-state index >= 15 is 0 Å². The fraction of sp³-hybridized carbons (Fsp3) is 0.0588. The monoisotopic (exact) mass is 343 g/mol. The number of para-hydroxylation sites is 1. The number of hydrogen-bond acceptors (Lipinski definition) is 2. The van der Waals surface area contributed by atoms with E-state index in [0.29, 0.717) is 21.3 Å². The Morgan fingerprint density at radius 3 is 2.70 bits per heavy atom. The van der Waals surface area contributed by atoms with Crippen molar-refractivity contribution in [1.29, 1.82) is 5.26 Å². The summed E-state index contributed by atoms with van der Waals surface area (Å²) in [4.78, 5) is 12.2. The highest BCUT2D eigenvalue weighted by atomic mass is 35.5. The minimum atomic E-state index is -0.214. The molecule has 114 valence electrons. The zero-order chi connectivity index (χ0) is 16.4. The predicted octanol–water partition coefficient (Wildman–Crippen LogP) is 4.46. The number of halogens is 2. The van der Waals surface area contributed by atoms with Crippen LogP contribution in [0.4, 0.5) is 5.69 Å². The molecule has 0 radical (unpaired) electrons. The minimum Gasteiger partial charge on any atom is -0.337 e. The van der Waals surface area contributed by atoms with Crippen LogP contribution in [0.2, 0.25) is 10.0 Å². The summed E-state index contributed by atoms with van der Waals surface area (Å²) in [5.74, 6) is -0.214. The van der Waals surface area contributed by atoms with Gasteiger partial charge in [-0.05, 0) is 24.3 Å². The first-order chi connectivity index (χ1) is 11.1. The van der Waals surface area contributed by atoms with Crippen molar-refractivity contribution in [2.24, 2.45) is 0 Å². The molecule has 1 amide bonds. The molecule has 0 spiro atoms. The Kier molecular flexibility index (Phi) is 4.24. The van der Waals surface area contributed by atoms with Gasteiger partial charge in [-0.2, -0.15) is 5.26 Å². The lowest BCUT2D eigenvalue weighted by atomic mass is 10.2. The third-order valence-electron chi connectivity index (χ3n) is 3.43. The number of hydrogen-bond donors (Lipinski definition) is 1. The van der Waals surface area contributed by atoms with Crippen molar-refractivity contribution >= 4 is 45.7 Å². The number of anilines is 1. The maximum atomic E-state index is 12.2. The summed E-state index contributed by atoms with van der Waals surface area (Å²) < 4.78 is 1.75. The van der Waals surface area contributed by atoms with Crippen molar-refractivity contribution in [1.82, 2.24) is 4.57 Å². The summed E-state index contributed by atoms with van der Waals surface area (Å²) in [5.41, 5.74) is 1.96. The van der Waals surface area contributed by atoms with Gasteiger partial charge in [-0.15, -0.1) is 0 Å². The average molecular weight is 344 g/mol. The molecular weight excluding hydrogens is 333 g/mol. The van der Waals surface area contributed by atoms with E-state index in [1.807, 2.05) is 24.3 Å². The smallest absolute Gasteiger partial charge is 0.244 e. The molecule has 0 unspecified atom stereocenters. The van der Waals surface area contributed by atoms with Crippen molar-refractivity contribution < 1.29 is 4.79 Å². The van der Waals surface area contributed by atoms with Crippen molar-refractivity contribution in [3.8, 4) is 6.07 Å². The van der Waals surface area contributed by atoms with Gasteiger partial charge >= 0.3 is 0 Å². The largest absolute Gasteiger partial charge is 0.337 e. The molecule has 3 aromatic rings. The first-order valence-corrected chi connectivity index (χ1v) is 7.57. The van der Waals surface area contributed by atoms with E-state index in [-0.39, 0.29) is 12.5 Å². The molecule has 6 heteroatoms. The fourth-order valence-corrected chi connectivity index (χ4v) is 2.69. The van der Waals surface area contributed by atoms with Gasteiger partial charge in [0, 0.05) is 22.8 Å². The van der Waals surface area contributed by atoms with Crippen LogP contribution in [-0.4, -0.2) is 10.5 Å². The number of fused-ring (bicyclic) bond motifs is 1. The molecule has 4 nitrogen and oxygen atoms in total. The zero-order valence-corrected chi connectivity index (χ0v) is 13.4. The number of carbonyl (C=O) groups is 1. The Hall–Kier alpha value is -2.48. The van der Waals surface area contributed by atoms with E-state index in [2.05, 4.69) is 11.4 Å². The lowest BCUT2D eigenvalue weighted by molar-refractivity contribution is -0.116. The van der Waals surface area contributed by atoms with Crippen molar-refractivity contribution in [3.63, 3.8) is 0 Å². The number of carbonyl (C=O) groups excluding carboxylic acids is 1. The first-order valence-electron chi connectivity index (χ1n) is 6.81. The Bertz CT molecular complexity index is 941. The van der Waals surface area contributed by atoms with Crippen LogP contribution in [0.15, 0.2) is 48.7 Å². The molecule has 1 aromatic heterocycles. The summed E-state index contributed by atoms with van der Waals surface area (Å²) >= 11 is 11.8. The molecule has 1 heterocycles. The van der Waals surface area contributed by atoms with Gasteiger partial charge in [-0.1, -0.05) is 41.4 Å². The molecular formula is C17H11Cl2N3O. The van der Waals surface area contributed by atoms with Crippen LogP contribution in [0.1, 0.15) is 5.56 Å². The van der Waals surface area contributed by atoms with Gasteiger partial charge in [0.05, 0.1) is 15.6 Å². The molecule has 3 rings (SSSR count). The lowest BCUT2D eigenvalue weighted by Crippen LogP contribution is -2.18. The highest BCUT2D eigenvalue weighted by molar-refractivity contribution is 6.42. The average Bonchev–Trinajstić information content (AvgIpc) is 2.89. The van der Waals surface area contributed by atoms with Crippen LogP contribution in [0.3, 0.4) is 0 Å². The molecule has 0 aliphatic heterocycles. The molecule has 0 atom stereocenters. The number of nitrogens with zero attached hydrogens (tertiary/aromatic N) is 2. The van der Waals surface area contributed by atoms with E-state index in [0.717, 1.165) is 10.9 Å². The van der Waals surface area contributed by atoms with Crippen LogP contribution in [-0.2, 0) is 11.3 Å². The van der Waals surface area contributed by atoms with Gasteiger partial charge in [0.2, 0.25) is 5.91 Å². The summed E-state index contributed by atoms with van der Waals surface area (Å²) in [6.07, 6.45) is 1.68. The normalized spacial score (nSPS) is 10.5. The lowest BCUT2D eigenvalue weighted by Gasteiger charge is -2.08. The first kappa shape index (κ1) is 15.4. The number of nitriles is 1. The van der Waals surface area contributed by atoms with Crippen LogP contribution < -0.4 is 5.32 Å². The second-order valence-corrected chi connectivity index (χ2v) is 5.79. The van der Waals surface area contributed by atoms with E-state index < -0.39 is 0 Å². The van der Waals surface area contributed by atoms with Gasteiger partial charge in [0.1, 0.15) is 12.6 Å². The van der Waals surface area contributed by atoms with Crippen LogP contribution in [0.5, 0.6) is 0 Å². The highest BCUT2D eigenvalue weighted by Crippen LogP contribution is 2.25. The molecule has 0 fully saturated rings. The Morgan fingerprint density at radius 2 is 1.96 bits per heavy atom. The predicted molar refractivity (Wildman–Crippen MR) is 91.7 cm³/mol. The Balaban J connectivity index is 1.83. The molecule has 0 saturated heterocycles. The van der Waals surface area contributed by atoms with Crippen molar-refractivity contribution in [2.75, 3.05) is 5.32 Å². The maximum absolute atomic E-state index is 12.2. The molecule has 0 aliphatic carbocycles. The van der Waals surface area contributed by atoms with E-state index in [1.54, 1.807) is 29.0 Å². The fourth-order valence-electron chi connectivity index (χ4n) is 2.40. The second kappa shape index (κ2) is 6.33. The van der Waals surface area contributed by atoms with Crippen LogP contribution >= 0.6 is 23.2 Å². The summed E-state index contributed by atoms with van der Waals surface area (Å²) in [6, 6.07) is 14.5. The Labute approximate surface area is 142 Å². The molecule has 2 aromatic carbocycles. The quantitative estimate of drug-likeness (QED) is 0.763. The number of rotatable bonds is 3. The SMILES string of the molecule is N#Cc1cn(CC(=O)Nc2ccc(Cl)c(Cl)c2)c2ccccc12. The third-order valence-corrected chi connectivity index (χ3v) is 4.17. The van der Waals surface area contributed by atoms with Crippen LogP contribution in [0.25, 0.3) is 10.9 Å². The third kappa shape index (κ3) is 3.16. The maximum Gasteiger partial charge on any atom is 0.244 e. The van der Waals surface area contributed by atoms with E-state index in [9.17, 15) is 10.1 Å². The summed E-state index contributed by atoms with van der Waals surface area (Å²) in [7, 11) is 0. The van der Waals surface area contributed by atoms with Gasteiger partial charge < -0.3 is 9.88 Å². The van der Waals surface area contributed by atoms with E-state index in [4.69, 9.17) is 23.2 Å². The van der Waals surface area contributed by atoms with Gasteiger partial charge in [-0.3, -0.25) is 4.79 Å². The summed E-state index contributed by atoms with van der Waals surface area (Å²) in [6.45, 7) is 0.0996. The molecule has 1 N–H and O–H groups in total. The van der Waals surface area contributed by atoms with Crippen molar-refractivity contribution in [3.05, 3.63) is 64.3 Å². The minimum absolute atomic E-state index is 0.0996. The molecule has 23 heavy (non-hydrogen) atoms. The standard InChI is InChI=1S/C17H11Cl2N3O/c18-14-6-5-12(7-15(14)19)21-17(23)10-22-9-11(8-20)13-3-1-2-4-16(13)22/h1-7,9H,10H2,(H,21,23).